The Morgan fingerprint density at radius 3 is 2.54 bits per heavy atom. The van der Waals surface area contributed by atoms with Gasteiger partial charge in [-0.1, -0.05) is 26.0 Å². The summed E-state index contributed by atoms with van der Waals surface area (Å²) in [5.74, 6) is 0.311. The van der Waals surface area contributed by atoms with Crippen LogP contribution in [0.15, 0.2) is 42.7 Å². The fraction of sp³-hybridized carbons (Fsp3) is 0.333. The molecule has 0 aliphatic rings. The second kappa shape index (κ2) is 6.68. The first kappa shape index (κ1) is 16.6. The quantitative estimate of drug-likeness (QED) is 0.612. The first-order valence-electron chi connectivity index (χ1n) is 8.60. The molecule has 0 saturated heterocycles. The second-order valence-electron chi connectivity index (χ2n) is 6.42. The number of benzene rings is 2. The summed E-state index contributed by atoms with van der Waals surface area (Å²) in [6, 6.07) is 11.4. The highest BCUT2D eigenvalue weighted by molar-refractivity contribution is 5.93. The van der Waals surface area contributed by atoms with Crippen LogP contribution >= 0.6 is 0 Å². The minimum absolute atomic E-state index is 0.199. The van der Waals surface area contributed by atoms with E-state index in [1.807, 2.05) is 30.9 Å². The van der Waals surface area contributed by atoms with Crippen molar-refractivity contribution in [2.24, 2.45) is 7.05 Å². The van der Waals surface area contributed by atoms with Gasteiger partial charge < -0.3 is 0 Å². The topological polar surface area (TPSA) is 16.8 Å². The van der Waals surface area contributed by atoms with Crippen LogP contribution < -0.4 is 4.57 Å². The summed E-state index contributed by atoms with van der Waals surface area (Å²) in [6.45, 7) is 6.40. The van der Waals surface area contributed by atoms with Crippen LogP contribution in [0.4, 0.5) is 4.39 Å². The molecule has 0 amide bonds. The molecule has 1 aromatic heterocycles. The molecule has 24 heavy (non-hydrogen) atoms. The van der Waals surface area contributed by atoms with Crippen molar-refractivity contribution in [1.29, 1.82) is 0 Å². The summed E-state index contributed by atoms with van der Waals surface area (Å²) >= 11 is 0. The van der Waals surface area contributed by atoms with Gasteiger partial charge in [0.05, 0.1) is 12.4 Å². The van der Waals surface area contributed by atoms with Crippen LogP contribution in [-0.2, 0) is 7.05 Å². The Kier molecular flexibility index (Phi) is 4.61. The maximum atomic E-state index is 13.5. The molecule has 0 aliphatic heterocycles. The molecule has 0 saturated carbocycles. The highest BCUT2D eigenvalue weighted by atomic mass is 19.1. The number of nitrogens with zero attached hydrogens (tertiary/aromatic N) is 2. The molecule has 0 radical (unpaired) electrons. The van der Waals surface area contributed by atoms with Crippen molar-refractivity contribution in [3.8, 4) is 11.3 Å². The first-order valence-corrected chi connectivity index (χ1v) is 8.60. The highest BCUT2D eigenvalue weighted by Gasteiger charge is 2.21. The summed E-state index contributed by atoms with van der Waals surface area (Å²) < 4.78 is 15.5. The van der Waals surface area contributed by atoms with Gasteiger partial charge in [0.2, 0.25) is 0 Å². The molecule has 0 bridgehead atoms. The molecule has 3 aromatic rings. The van der Waals surface area contributed by atoms with Gasteiger partial charge in [0, 0.05) is 11.1 Å². The molecule has 2 aromatic carbocycles. The molecule has 1 heterocycles. The van der Waals surface area contributed by atoms with E-state index in [9.17, 15) is 4.39 Å². The summed E-state index contributed by atoms with van der Waals surface area (Å²) in [5, 5.41) is 1.12. The SMILES string of the molecule is CCC(CC)c1cccc2c(-c3ccc(F)cc3C)[n+](C)cnc12. The fourth-order valence-corrected chi connectivity index (χ4v) is 3.57. The molecule has 0 unspecified atom stereocenters. The van der Waals surface area contributed by atoms with E-state index in [0.717, 1.165) is 40.6 Å². The number of hydrogen-bond acceptors (Lipinski definition) is 1. The van der Waals surface area contributed by atoms with Gasteiger partial charge in [0.15, 0.2) is 5.52 Å². The van der Waals surface area contributed by atoms with E-state index in [4.69, 9.17) is 4.98 Å². The van der Waals surface area contributed by atoms with Crippen molar-refractivity contribution in [3.63, 3.8) is 0 Å². The van der Waals surface area contributed by atoms with E-state index >= 15 is 0 Å². The molecule has 0 N–H and O–H groups in total. The zero-order valence-electron chi connectivity index (χ0n) is 14.8. The van der Waals surface area contributed by atoms with Gasteiger partial charge in [0.25, 0.3) is 6.33 Å². The van der Waals surface area contributed by atoms with Crippen molar-refractivity contribution < 1.29 is 8.96 Å². The van der Waals surface area contributed by atoms with Crippen LogP contribution in [0.3, 0.4) is 0 Å². The monoisotopic (exact) mass is 323 g/mol. The zero-order valence-corrected chi connectivity index (χ0v) is 14.8. The predicted molar refractivity (Wildman–Crippen MR) is 96.4 cm³/mol. The normalized spacial score (nSPS) is 11.4. The second-order valence-corrected chi connectivity index (χ2v) is 6.42. The number of aryl methyl sites for hydroxylation is 2. The maximum Gasteiger partial charge on any atom is 0.287 e. The van der Waals surface area contributed by atoms with Crippen LogP contribution in [0, 0.1) is 12.7 Å². The first-order chi connectivity index (χ1) is 11.6. The van der Waals surface area contributed by atoms with Crippen LogP contribution in [0.5, 0.6) is 0 Å². The number of fused-ring (bicyclic) bond motifs is 1. The molecule has 124 valence electrons. The molecule has 0 atom stereocenters. The Morgan fingerprint density at radius 2 is 1.88 bits per heavy atom. The lowest BCUT2D eigenvalue weighted by molar-refractivity contribution is -0.662. The smallest absolute Gasteiger partial charge is 0.232 e. The van der Waals surface area contributed by atoms with Gasteiger partial charge in [-0.25, -0.2) is 8.96 Å². The Morgan fingerprint density at radius 1 is 1.12 bits per heavy atom. The molecular weight excluding hydrogens is 299 g/mol. The van der Waals surface area contributed by atoms with Gasteiger partial charge in [-0.2, -0.15) is 0 Å². The number of hydrogen-bond donors (Lipinski definition) is 0. The standard InChI is InChI=1S/C21H24FN2/c1-5-15(6-2)18-8-7-9-19-20(18)23-13-24(4)21(19)17-11-10-16(22)12-14(17)3/h7-13,15H,5-6H2,1-4H3/q+1. The predicted octanol–water partition coefficient (Wildman–Crippen LogP) is 5.08. The molecule has 3 rings (SSSR count). The van der Waals surface area contributed by atoms with Gasteiger partial charge in [-0.15, -0.1) is 0 Å². The van der Waals surface area contributed by atoms with E-state index in [-0.39, 0.29) is 5.82 Å². The fourth-order valence-electron chi connectivity index (χ4n) is 3.57. The number of aromatic nitrogens is 2. The lowest BCUT2D eigenvalue weighted by Gasteiger charge is -2.14. The molecular formula is C21H24FN2+. The molecule has 2 nitrogen and oxygen atoms in total. The third-order valence-electron chi connectivity index (χ3n) is 4.90. The third-order valence-corrected chi connectivity index (χ3v) is 4.90. The van der Waals surface area contributed by atoms with E-state index in [0.29, 0.717) is 5.92 Å². The van der Waals surface area contributed by atoms with Crippen molar-refractivity contribution in [2.75, 3.05) is 0 Å². The number of rotatable bonds is 4. The summed E-state index contributed by atoms with van der Waals surface area (Å²) in [5.41, 5.74) is 5.44. The van der Waals surface area contributed by atoms with E-state index in [1.54, 1.807) is 6.07 Å². The minimum atomic E-state index is -0.199. The van der Waals surface area contributed by atoms with E-state index < -0.39 is 0 Å². The Balaban J connectivity index is 2.32. The third kappa shape index (κ3) is 2.79. The lowest BCUT2D eigenvalue weighted by atomic mass is 9.90. The van der Waals surface area contributed by atoms with Gasteiger partial charge in [0.1, 0.15) is 11.5 Å². The Hall–Kier alpha value is -2.29. The van der Waals surface area contributed by atoms with Gasteiger partial charge >= 0.3 is 0 Å². The number of halogens is 1. The highest BCUT2D eigenvalue weighted by Crippen LogP contribution is 2.33. The summed E-state index contributed by atoms with van der Waals surface area (Å²) in [4.78, 5) is 4.72. The van der Waals surface area contributed by atoms with Gasteiger partial charge in [-0.05, 0) is 60.5 Å². The summed E-state index contributed by atoms with van der Waals surface area (Å²) in [7, 11) is 1.99. The average Bonchev–Trinajstić information content (AvgIpc) is 2.57. The lowest BCUT2D eigenvalue weighted by Crippen LogP contribution is -2.32. The van der Waals surface area contributed by atoms with Crippen LogP contribution in [0.1, 0.15) is 43.7 Å². The van der Waals surface area contributed by atoms with E-state index in [2.05, 4.69) is 32.0 Å². The zero-order chi connectivity index (χ0) is 17.3. The Labute approximate surface area is 143 Å². The van der Waals surface area contributed by atoms with Crippen molar-refractivity contribution >= 4 is 10.9 Å². The summed E-state index contributed by atoms with van der Waals surface area (Å²) in [6.07, 6.45) is 4.07. The van der Waals surface area contributed by atoms with Crippen molar-refractivity contribution in [3.05, 3.63) is 59.7 Å². The maximum absolute atomic E-state index is 13.5. The van der Waals surface area contributed by atoms with Gasteiger partial charge in [-0.3, -0.25) is 0 Å². The van der Waals surface area contributed by atoms with Crippen LogP contribution in [-0.4, -0.2) is 4.98 Å². The average molecular weight is 323 g/mol. The largest absolute Gasteiger partial charge is 0.287 e. The minimum Gasteiger partial charge on any atom is -0.232 e. The van der Waals surface area contributed by atoms with Crippen molar-refractivity contribution in [2.45, 2.75) is 39.5 Å². The van der Waals surface area contributed by atoms with Crippen LogP contribution in [0.2, 0.25) is 0 Å². The Bertz CT molecular complexity index is 882. The van der Waals surface area contributed by atoms with E-state index in [1.165, 1.54) is 11.6 Å². The van der Waals surface area contributed by atoms with Crippen molar-refractivity contribution in [1.82, 2.24) is 4.98 Å². The molecule has 0 spiro atoms. The molecule has 0 fully saturated rings. The van der Waals surface area contributed by atoms with Crippen LogP contribution in [0.25, 0.3) is 22.2 Å². The number of para-hydroxylation sites is 1. The molecule has 3 heteroatoms. The molecule has 0 aliphatic carbocycles.